The summed E-state index contributed by atoms with van der Waals surface area (Å²) in [7, 11) is -4.61. The molecule has 0 aromatic carbocycles. The molecule has 332 valence electrons. The topological polar surface area (TPSA) is 186 Å². The maximum absolute atomic E-state index is 12.8. The number of aliphatic hydroxyl groups excluding tert-OH is 3. The van der Waals surface area contributed by atoms with E-state index in [0.29, 0.717) is 6.42 Å². The van der Waals surface area contributed by atoms with Crippen molar-refractivity contribution in [1.82, 2.24) is 0 Å². The van der Waals surface area contributed by atoms with Crippen molar-refractivity contribution in [2.24, 2.45) is 0 Å². The largest absolute Gasteiger partial charge is 0.458 e. The molecule has 1 rings (SSSR count). The number of carbonyl (C=O) groups is 2. The molecule has 4 N–H and O–H groups in total. The maximum atomic E-state index is 12.8. The van der Waals surface area contributed by atoms with Gasteiger partial charge in [-0.05, 0) is 44.9 Å². The van der Waals surface area contributed by atoms with Crippen LogP contribution in [0.3, 0.4) is 0 Å². The standard InChI is InChI=1S/C44H78O12S/c1-3-5-7-9-11-13-15-17-19-21-22-24-26-28-30-32-39(45)53-34-37(35-54-44-43(49)42(48)41(47)38(56-44)36-57(50,51)52)55-40(46)33-31-29-27-25-23-20-18-16-14-12-10-8-6-4-2/h16,18,26,28,30,32,37-38,41-44,47-49H,3-15,17,19-25,27,29,31,33-36H2,1-2H3,(H,50,51,52)/b18-16+,28-26+,32-30+/t37-,38-,41-,42?,43?,44+/m1/s1. The van der Waals surface area contributed by atoms with Gasteiger partial charge in [0.2, 0.25) is 0 Å². The van der Waals surface area contributed by atoms with Gasteiger partial charge in [0.1, 0.15) is 36.8 Å². The average molecular weight is 831 g/mol. The zero-order valence-electron chi connectivity index (χ0n) is 35.2. The zero-order chi connectivity index (χ0) is 42.0. The summed E-state index contributed by atoms with van der Waals surface area (Å²) in [5.74, 6) is -2.26. The first kappa shape index (κ1) is 52.9. The second-order valence-electron chi connectivity index (χ2n) is 15.4. The summed E-state index contributed by atoms with van der Waals surface area (Å²) in [6.07, 6.45) is 29.7. The lowest BCUT2D eigenvalue weighted by atomic mass is 10.00. The molecule has 0 saturated carbocycles. The third-order valence-electron chi connectivity index (χ3n) is 10.0. The second-order valence-corrected chi connectivity index (χ2v) is 16.9. The smallest absolute Gasteiger partial charge is 0.330 e. The van der Waals surface area contributed by atoms with E-state index in [-0.39, 0.29) is 13.0 Å². The van der Waals surface area contributed by atoms with Crippen LogP contribution in [0.1, 0.15) is 174 Å². The summed E-state index contributed by atoms with van der Waals surface area (Å²) < 4.78 is 53.8. The van der Waals surface area contributed by atoms with Gasteiger partial charge in [-0.15, -0.1) is 0 Å². The zero-order valence-corrected chi connectivity index (χ0v) is 36.0. The molecule has 0 aromatic heterocycles. The van der Waals surface area contributed by atoms with Crippen molar-refractivity contribution in [1.29, 1.82) is 0 Å². The lowest BCUT2D eigenvalue weighted by Crippen LogP contribution is -2.60. The molecule has 0 aromatic rings. The van der Waals surface area contributed by atoms with Gasteiger partial charge in [0.25, 0.3) is 10.1 Å². The molecule has 2 unspecified atom stereocenters. The molecule has 1 aliphatic heterocycles. The van der Waals surface area contributed by atoms with Crippen LogP contribution in [0.2, 0.25) is 0 Å². The highest BCUT2D eigenvalue weighted by Crippen LogP contribution is 2.24. The first-order chi connectivity index (χ1) is 27.5. The van der Waals surface area contributed by atoms with E-state index in [0.717, 1.165) is 51.4 Å². The van der Waals surface area contributed by atoms with Gasteiger partial charge in [-0.25, -0.2) is 4.79 Å². The monoisotopic (exact) mass is 831 g/mol. The molecule has 1 aliphatic rings. The number of ether oxygens (including phenoxy) is 4. The molecule has 0 radical (unpaired) electrons. The molecule has 0 bridgehead atoms. The fourth-order valence-corrected chi connectivity index (χ4v) is 7.28. The highest BCUT2D eigenvalue weighted by Gasteiger charge is 2.46. The third kappa shape index (κ3) is 29.7. The normalized spacial score (nSPS) is 20.8. The number of carbonyl (C=O) groups excluding carboxylic acids is 2. The highest BCUT2D eigenvalue weighted by atomic mass is 32.2. The van der Waals surface area contributed by atoms with Gasteiger partial charge in [0.05, 0.1) is 6.61 Å². The summed E-state index contributed by atoms with van der Waals surface area (Å²) in [5, 5.41) is 30.8. The van der Waals surface area contributed by atoms with Crippen LogP contribution >= 0.6 is 0 Å². The molecule has 0 amide bonds. The average Bonchev–Trinajstić information content (AvgIpc) is 3.17. The molecule has 12 nitrogen and oxygen atoms in total. The Hall–Kier alpha value is -2.13. The molecule has 6 atom stereocenters. The first-order valence-electron chi connectivity index (χ1n) is 22.1. The van der Waals surface area contributed by atoms with Gasteiger partial charge >= 0.3 is 11.9 Å². The number of unbranched alkanes of at least 4 members (excludes halogenated alkanes) is 21. The summed E-state index contributed by atoms with van der Waals surface area (Å²) in [5.41, 5.74) is 0. The summed E-state index contributed by atoms with van der Waals surface area (Å²) in [6.45, 7) is 3.63. The van der Waals surface area contributed by atoms with Crippen LogP contribution in [0.15, 0.2) is 36.5 Å². The number of allylic oxidation sites excluding steroid dienone is 5. The Labute approximate surface area is 344 Å². The number of hydrogen-bond donors (Lipinski definition) is 4. The van der Waals surface area contributed by atoms with E-state index in [4.69, 9.17) is 18.9 Å². The molecule has 57 heavy (non-hydrogen) atoms. The van der Waals surface area contributed by atoms with Crippen molar-refractivity contribution in [2.45, 2.75) is 211 Å². The number of rotatable bonds is 36. The Kier molecular flexibility index (Phi) is 32.2. The van der Waals surface area contributed by atoms with Gasteiger partial charge in [-0.2, -0.15) is 8.42 Å². The van der Waals surface area contributed by atoms with Crippen molar-refractivity contribution in [2.75, 3.05) is 19.0 Å². The molecule has 1 heterocycles. The predicted molar refractivity (Wildman–Crippen MR) is 224 cm³/mol. The van der Waals surface area contributed by atoms with Gasteiger partial charge in [0.15, 0.2) is 12.4 Å². The molecule has 1 saturated heterocycles. The Morgan fingerprint density at radius 1 is 0.632 bits per heavy atom. The van der Waals surface area contributed by atoms with Crippen molar-refractivity contribution < 1.29 is 56.8 Å². The van der Waals surface area contributed by atoms with Crippen LogP contribution in [0, 0.1) is 0 Å². The van der Waals surface area contributed by atoms with Crippen LogP contribution in [-0.4, -0.2) is 96.0 Å². The van der Waals surface area contributed by atoms with Gasteiger partial charge in [-0.3, -0.25) is 9.35 Å². The minimum Gasteiger partial charge on any atom is -0.458 e. The first-order valence-corrected chi connectivity index (χ1v) is 23.7. The van der Waals surface area contributed by atoms with E-state index < -0.39 is 71.2 Å². The minimum atomic E-state index is -4.61. The molecular formula is C44H78O12S. The lowest BCUT2D eigenvalue weighted by molar-refractivity contribution is -0.297. The van der Waals surface area contributed by atoms with E-state index in [2.05, 4.69) is 26.0 Å². The summed E-state index contributed by atoms with van der Waals surface area (Å²) in [6, 6.07) is 0. The Morgan fingerprint density at radius 2 is 1.12 bits per heavy atom. The molecule has 0 aliphatic carbocycles. The van der Waals surface area contributed by atoms with Crippen molar-refractivity contribution in [3.05, 3.63) is 36.5 Å². The van der Waals surface area contributed by atoms with Crippen LogP contribution in [0.5, 0.6) is 0 Å². The lowest BCUT2D eigenvalue weighted by Gasteiger charge is -2.40. The van der Waals surface area contributed by atoms with Crippen LogP contribution in [-0.2, 0) is 38.7 Å². The van der Waals surface area contributed by atoms with Crippen LogP contribution < -0.4 is 0 Å². The summed E-state index contributed by atoms with van der Waals surface area (Å²) in [4.78, 5) is 25.2. The number of aliphatic hydroxyl groups is 3. The van der Waals surface area contributed by atoms with Gasteiger partial charge < -0.3 is 34.3 Å². The Bertz CT molecular complexity index is 1200. The SMILES string of the molecule is CCCCCCC/C=C/CCCCCCCC(=O)O[C@H](COC(=O)/C=C/C=C/CCCCCCCCCCCCC)CO[C@H]1O[C@H](CS(=O)(=O)O)[C@@H](O)C(O)C1O. The second kappa shape index (κ2) is 34.7. The van der Waals surface area contributed by atoms with E-state index in [1.54, 1.807) is 12.2 Å². The third-order valence-corrected chi connectivity index (χ3v) is 10.8. The maximum Gasteiger partial charge on any atom is 0.330 e. The fraction of sp³-hybridized carbons (Fsp3) is 0.818. The molecule has 0 spiro atoms. The van der Waals surface area contributed by atoms with Crippen LogP contribution in [0.25, 0.3) is 0 Å². The summed E-state index contributed by atoms with van der Waals surface area (Å²) >= 11 is 0. The molecular weight excluding hydrogens is 753 g/mol. The van der Waals surface area contributed by atoms with Crippen molar-refractivity contribution in [3.63, 3.8) is 0 Å². The Balaban J connectivity index is 2.52. The van der Waals surface area contributed by atoms with E-state index in [1.807, 2.05) is 6.08 Å². The molecule has 13 heteroatoms. The number of esters is 2. The van der Waals surface area contributed by atoms with Crippen molar-refractivity contribution >= 4 is 22.1 Å². The Morgan fingerprint density at radius 3 is 1.65 bits per heavy atom. The van der Waals surface area contributed by atoms with E-state index in [9.17, 15) is 37.9 Å². The molecule has 1 fully saturated rings. The van der Waals surface area contributed by atoms with E-state index in [1.165, 1.54) is 102 Å². The predicted octanol–water partition coefficient (Wildman–Crippen LogP) is 8.61. The minimum absolute atomic E-state index is 0.135. The van der Waals surface area contributed by atoms with Crippen LogP contribution in [0.4, 0.5) is 0 Å². The van der Waals surface area contributed by atoms with Gasteiger partial charge in [0, 0.05) is 12.5 Å². The van der Waals surface area contributed by atoms with E-state index >= 15 is 0 Å². The number of hydrogen-bond acceptors (Lipinski definition) is 11. The van der Waals surface area contributed by atoms with Gasteiger partial charge in [-0.1, -0.05) is 153 Å². The highest BCUT2D eigenvalue weighted by molar-refractivity contribution is 7.85. The quantitative estimate of drug-likeness (QED) is 0.0118. The fourth-order valence-electron chi connectivity index (χ4n) is 6.58. The van der Waals surface area contributed by atoms with Crippen molar-refractivity contribution in [3.8, 4) is 0 Å².